The summed E-state index contributed by atoms with van der Waals surface area (Å²) in [7, 11) is 3.96. The first-order chi connectivity index (χ1) is 16.8. The SMILES string of the molecule is CN(C)CCOc1ccc2[nH]c(C(=O)N3C[C@@H](CCl)c4c3cc(O)c3[nH]c(C(=O)O)cc43)cc2c1. The topological polar surface area (TPSA) is 122 Å². The number of fused-ring (bicyclic) bond motifs is 4. The first kappa shape index (κ1) is 23.1. The molecule has 0 spiro atoms. The number of aromatic nitrogens is 2. The van der Waals surface area contributed by atoms with Crippen molar-refractivity contribution in [3.05, 3.63) is 53.3 Å². The number of phenolic OH excluding ortho intramolecular Hbond substituents is 1. The molecule has 0 fully saturated rings. The average Bonchev–Trinajstić information content (AvgIpc) is 3.53. The highest BCUT2D eigenvalue weighted by Crippen LogP contribution is 2.46. The first-order valence-electron chi connectivity index (χ1n) is 11.2. The normalized spacial score (nSPS) is 15.3. The van der Waals surface area contributed by atoms with Crippen LogP contribution >= 0.6 is 11.6 Å². The summed E-state index contributed by atoms with van der Waals surface area (Å²) in [6.07, 6.45) is 0. The molecular weight excluding hydrogens is 472 g/mol. The minimum atomic E-state index is -1.13. The van der Waals surface area contributed by atoms with Gasteiger partial charge in [-0.3, -0.25) is 4.79 Å². The summed E-state index contributed by atoms with van der Waals surface area (Å²) < 4.78 is 5.80. The maximum Gasteiger partial charge on any atom is 0.352 e. The van der Waals surface area contributed by atoms with Gasteiger partial charge in [0.25, 0.3) is 5.91 Å². The molecule has 1 amide bonds. The number of aromatic amines is 2. The number of alkyl halides is 1. The number of rotatable bonds is 7. The average molecular weight is 497 g/mol. The lowest BCUT2D eigenvalue weighted by atomic mass is 9.98. The second-order valence-corrected chi connectivity index (χ2v) is 9.26. The predicted octanol–water partition coefficient (Wildman–Crippen LogP) is 3.98. The Balaban J connectivity index is 1.49. The zero-order valence-electron chi connectivity index (χ0n) is 19.3. The fourth-order valence-corrected chi connectivity index (χ4v) is 4.84. The number of hydrogen-bond donors (Lipinski definition) is 4. The van der Waals surface area contributed by atoms with Crippen molar-refractivity contribution < 1.29 is 24.5 Å². The zero-order chi connectivity index (χ0) is 24.9. The van der Waals surface area contributed by atoms with Crippen LogP contribution in [0.25, 0.3) is 21.8 Å². The maximum atomic E-state index is 13.6. The number of carbonyl (C=O) groups excluding carboxylic acids is 1. The second kappa shape index (κ2) is 8.83. The summed E-state index contributed by atoms with van der Waals surface area (Å²) in [6, 6.07) is 10.4. The van der Waals surface area contributed by atoms with Crippen LogP contribution in [0.1, 0.15) is 32.5 Å². The van der Waals surface area contributed by atoms with Gasteiger partial charge in [-0.1, -0.05) is 0 Å². The highest BCUT2D eigenvalue weighted by atomic mass is 35.5. The molecule has 5 rings (SSSR count). The Morgan fingerprint density at radius 1 is 1.17 bits per heavy atom. The summed E-state index contributed by atoms with van der Waals surface area (Å²) in [5.41, 5.74) is 2.74. The standard InChI is InChI=1S/C25H25ClN4O5/c1-29(2)5-6-35-15-3-4-17-13(7-15)8-18(27-17)24(32)30-12-14(11-26)22-16-9-19(25(33)34)28-23(16)21(31)10-20(22)30/h3-4,7-10,14,27-28,31H,5-6,11-12H2,1-2H3,(H,33,34)/t14-/m1/s1. The Kier molecular flexibility index (Phi) is 5.82. The van der Waals surface area contributed by atoms with Crippen LogP contribution in [-0.4, -0.2) is 76.6 Å². The third-order valence-corrected chi connectivity index (χ3v) is 6.68. The number of carboxylic acids is 1. The van der Waals surface area contributed by atoms with Crippen molar-refractivity contribution in [1.82, 2.24) is 14.9 Å². The smallest absolute Gasteiger partial charge is 0.352 e. The number of phenols is 1. The van der Waals surface area contributed by atoms with E-state index in [1.165, 1.54) is 12.1 Å². The molecule has 0 unspecified atom stereocenters. The Morgan fingerprint density at radius 3 is 2.69 bits per heavy atom. The number of aromatic carboxylic acids is 1. The van der Waals surface area contributed by atoms with Crippen LogP contribution in [-0.2, 0) is 0 Å². The maximum absolute atomic E-state index is 13.6. The summed E-state index contributed by atoms with van der Waals surface area (Å²) in [5, 5.41) is 21.4. The number of H-pyrrole nitrogens is 2. The summed E-state index contributed by atoms with van der Waals surface area (Å²) >= 11 is 6.25. The molecule has 2 aromatic heterocycles. The van der Waals surface area contributed by atoms with Crippen LogP contribution in [0.2, 0.25) is 0 Å². The second-order valence-electron chi connectivity index (χ2n) is 8.96. The fraction of sp³-hybridized carbons (Fsp3) is 0.280. The first-order valence-corrected chi connectivity index (χ1v) is 11.7. The molecule has 182 valence electrons. The number of benzene rings is 2. The Hall–Kier alpha value is -3.69. The van der Waals surface area contributed by atoms with E-state index in [1.807, 2.05) is 37.2 Å². The third-order valence-electron chi connectivity index (χ3n) is 6.31. The van der Waals surface area contributed by atoms with Gasteiger partial charge in [-0.2, -0.15) is 0 Å². The molecule has 4 aromatic rings. The van der Waals surface area contributed by atoms with Gasteiger partial charge in [0.05, 0.1) is 11.2 Å². The van der Waals surface area contributed by atoms with Gasteiger partial charge in [0.2, 0.25) is 0 Å². The summed E-state index contributed by atoms with van der Waals surface area (Å²) in [4.78, 5) is 34.6. The van der Waals surface area contributed by atoms with Crippen molar-refractivity contribution in [3.63, 3.8) is 0 Å². The molecule has 2 aromatic carbocycles. The molecular formula is C25H25ClN4O5. The molecule has 1 atom stereocenters. The van der Waals surface area contributed by atoms with Crippen LogP contribution in [0, 0.1) is 0 Å². The number of carboxylic acid groups (broad SMARTS) is 1. The number of amides is 1. The van der Waals surface area contributed by atoms with E-state index in [4.69, 9.17) is 16.3 Å². The molecule has 1 aliphatic heterocycles. The van der Waals surface area contributed by atoms with Crippen LogP contribution in [0.4, 0.5) is 5.69 Å². The highest BCUT2D eigenvalue weighted by Gasteiger charge is 2.36. The number of likely N-dealkylation sites (N-methyl/N-ethyl adjacent to an activating group) is 1. The molecule has 10 heteroatoms. The van der Waals surface area contributed by atoms with Gasteiger partial charge >= 0.3 is 5.97 Å². The van der Waals surface area contributed by atoms with Gasteiger partial charge in [-0.05, 0) is 50.0 Å². The highest BCUT2D eigenvalue weighted by molar-refractivity contribution is 6.19. The van der Waals surface area contributed by atoms with Crippen molar-refractivity contribution in [2.45, 2.75) is 5.92 Å². The minimum absolute atomic E-state index is 0.0407. The van der Waals surface area contributed by atoms with E-state index in [9.17, 15) is 19.8 Å². The molecule has 3 heterocycles. The van der Waals surface area contributed by atoms with Crippen LogP contribution in [0.15, 0.2) is 36.4 Å². The lowest BCUT2D eigenvalue weighted by molar-refractivity contribution is 0.0691. The van der Waals surface area contributed by atoms with Gasteiger partial charge in [-0.25, -0.2) is 4.79 Å². The molecule has 0 saturated carbocycles. The quantitative estimate of drug-likeness (QED) is 0.287. The molecule has 35 heavy (non-hydrogen) atoms. The summed E-state index contributed by atoms with van der Waals surface area (Å²) in [6.45, 7) is 1.66. The van der Waals surface area contributed by atoms with Crippen molar-refractivity contribution in [2.75, 3.05) is 44.6 Å². The fourth-order valence-electron chi connectivity index (χ4n) is 4.59. The number of nitrogens with zero attached hydrogens (tertiary/aromatic N) is 2. The van der Waals surface area contributed by atoms with Gasteiger partial charge in [0.15, 0.2) is 0 Å². The van der Waals surface area contributed by atoms with Crippen molar-refractivity contribution in [2.24, 2.45) is 0 Å². The van der Waals surface area contributed by atoms with E-state index < -0.39 is 5.97 Å². The zero-order valence-corrected chi connectivity index (χ0v) is 20.0. The van der Waals surface area contributed by atoms with Gasteiger partial charge < -0.3 is 34.7 Å². The van der Waals surface area contributed by atoms with E-state index in [2.05, 4.69) is 9.97 Å². The van der Waals surface area contributed by atoms with Crippen LogP contribution < -0.4 is 9.64 Å². The van der Waals surface area contributed by atoms with E-state index in [0.29, 0.717) is 35.4 Å². The lowest BCUT2D eigenvalue weighted by Gasteiger charge is -2.17. The number of ether oxygens (including phenoxy) is 1. The van der Waals surface area contributed by atoms with Crippen LogP contribution in [0.5, 0.6) is 11.5 Å². The summed E-state index contributed by atoms with van der Waals surface area (Å²) in [5.74, 6) is -0.776. The molecule has 0 radical (unpaired) electrons. The van der Waals surface area contributed by atoms with E-state index in [0.717, 1.165) is 28.8 Å². The number of hydrogen-bond acceptors (Lipinski definition) is 5. The van der Waals surface area contributed by atoms with Crippen molar-refractivity contribution in [3.8, 4) is 11.5 Å². The van der Waals surface area contributed by atoms with Crippen LogP contribution in [0.3, 0.4) is 0 Å². The van der Waals surface area contributed by atoms with E-state index in [-0.39, 0.29) is 29.1 Å². The minimum Gasteiger partial charge on any atom is -0.506 e. The third kappa shape index (κ3) is 4.06. The lowest BCUT2D eigenvalue weighted by Crippen LogP contribution is -2.30. The molecule has 1 aliphatic rings. The van der Waals surface area contributed by atoms with Gasteiger partial charge in [0.1, 0.15) is 29.5 Å². The number of aromatic hydroxyl groups is 1. The number of nitrogens with one attached hydrogen (secondary N) is 2. The number of halogens is 1. The predicted molar refractivity (Wildman–Crippen MR) is 134 cm³/mol. The van der Waals surface area contributed by atoms with Crippen molar-refractivity contribution >= 4 is 51.0 Å². The largest absolute Gasteiger partial charge is 0.506 e. The van der Waals surface area contributed by atoms with Gasteiger partial charge in [-0.15, -0.1) is 11.6 Å². The molecule has 0 aliphatic carbocycles. The number of carbonyl (C=O) groups is 2. The Bertz CT molecular complexity index is 1460. The monoisotopic (exact) mass is 496 g/mol. The molecule has 0 saturated heterocycles. The molecule has 4 N–H and O–H groups in total. The number of anilines is 1. The Morgan fingerprint density at radius 2 is 1.97 bits per heavy atom. The van der Waals surface area contributed by atoms with Crippen molar-refractivity contribution in [1.29, 1.82) is 0 Å². The Labute approximate surface area is 205 Å². The molecule has 9 nitrogen and oxygen atoms in total. The molecule has 0 bridgehead atoms. The van der Waals surface area contributed by atoms with E-state index in [1.54, 1.807) is 11.0 Å². The van der Waals surface area contributed by atoms with E-state index >= 15 is 0 Å². The van der Waals surface area contributed by atoms with Gasteiger partial charge in [0, 0.05) is 47.2 Å².